The van der Waals surface area contributed by atoms with E-state index in [0.29, 0.717) is 16.6 Å². The molecule has 21 heavy (non-hydrogen) atoms. The zero-order chi connectivity index (χ0) is 15.0. The van der Waals surface area contributed by atoms with Crippen LogP contribution in [0.4, 0.5) is 0 Å². The summed E-state index contributed by atoms with van der Waals surface area (Å²) in [7, 11) is 1.83. The first-order chi connectivity index (χ1) is 10.1. The topological polar surface area (TPSA) is 80.9 Å². The van der Waals surface area contributed by atoms with Crippen LogP contribution in [0, 0.1) is 19.3 Å². The lowest BCUT2D eigenvalue weighted by molar-refractivity contribution is 0.768. The van der Waals surface area contributed by atoms with E-state index in [9.17, 15) is 4.79 Å². The van der Waals surface area contributed by atoms with Crippen molar-refractivity contribution in [2.75, 3.05) is 5.75 Å². The monoisotopic (exact) mass is 300 g/mol. The van der Waals surface area contributed by atoms with Crippen LogP contribution < -0.4 is 5.69 Å². The predicted molar refractivity (Wildman–Crippen MR) is 80.1 cm³/mol. The summed E-state index contributed by atoms with van der Waals surface area (Å²) in [5, 5.41) is 8.87. The largest absolute Gasteiger partial charge is 0.350 e. The molecule has 3 rings (SSSR count). The first kappa shape index (κ1) is 13.5. The molecule has 7 nitrogen and oxygen atoms in total. The second-order valence-corrected chi connectivity index (χ2v) is 5.40. The van der Waals surface area contributed by atoms with Gasteiger partial charge < -0.3 is 0 Å². The molecule has 0 spiro atoms. The quantitative estimate of drug-likeness (QED) is 0.573. The van der Waals surface area contributed by atoms with Gasteiger partial charge in [-0.15, -0.1) is 6.42 Å². The number of hydrogen-bond donors (Lipinski definition) is 1. The zero-order valence-corrected chi connectivity index (χ0v) is 12.3. The number of nitrogens with one attached hydrogen (secondary N) is 1. The number of thioether (sulfide) groups is 1. The Bertz CT molecular complexity index is 913. The number of aryl methyl sites for hydroxylation is 2. The molecule has 3 heterocycles. The molecular weight excluding hydrogens is 288 g/mol. The molecule has 0 radical (unpaired) electrons. The van der Waals surface area contributed by atoms with Crippen molar-refractivity contribution in [2.45, 2.75) is 12.1 Å². The number of aromatic amines is 1. The maximum atomic E-state index is 12.1. The van der Waals surface area contributed by atoms with Crippen molar-refractivity contribution in [1.29, 1.82) is 0 Å². The van der Waals surface area contributed by atoms with E-state index in [0.717, 1.165) is 16.8 Å². The van der Waals surface area contributed by atoms with Crippen LogP contribution in [0.1, 0.15) is 5.69 Å². The fourth-order valence-electron chi connectivity index (χ4n) is 2.10. The van der Waals surface area contributed by atoms with Gasteiger partial charge in [0.15, 0.2) is 10.8 Å². The van der Waals surface area contributed by atoms with Gasteiger partial charge >= 0.3 is 5.69 Å². The van der Waals surface area contributed by atoms with Gasteiger partial charge in [0.1, 0.15) is 0 Å². The lowest BCUT2D eigenvalue weighted by Gasteiger charge is -1.99. The van der Waals surface area contributed by atoms with Gasteiger partial charge in [0, 0.05) is 18.8 Å². The van der Waals surface area contributed by atoms with E-state index >= 15 is 0 Å². The number of H-pyrrole nitrogens is 1. The van der Waals surface area contributed by atoms with Crippen molar-refractivity contribution in [1.82, 2.24) is 29.4 Å². The number of fused-ring (bicyclic) bond motifs is 1. The van der Waals surface area contributed by atoms with Gasteiger partial charge in [0.25, 0.3) is 0 Å². The molecule has 0 fully saturated rings. The van der Waals surface area contributed by atoms with Crippen LogP contribution in [-0.4, -0.2) is 35.1 Å². The van der Waals surface area contributed by atoms with E-state index in [1.165, 1.54) is 16.3 Å². The van der Waals surface area contributed by atoms with E-state index < -0.39 is 0 Å². The molecule has 0 aromatic carbocycles. The summed E-state index contributed by atoms with van der Waals surface area (Å²) in [5.74, 6) is 2.94. The molecular formula is C13H12N6OS. The van der Waals surface area contributed by atoms with Crippen molar-refractivity contribution in [2.24, 2.45) is 7.05 Å². The van der Waals surface area contributed by atoms with E-state index in [1.807, 2.05) is 20.2 Å². The van der Waals surface area contributed by atoms with Crippen LogP contribution in [0.3, 0.4) is 0 Å². The molecule has 8 heteroatoms. The second kappa shape index (κ2) is 5.10. The van der Waals surface area contributed by atoms with E-state index in [-0.39, 0.29) is 5.69 Å². The Labute approximate surface area is 124 Å². The minimum absolute atomic E-state index is 0.335. The average Bonchev–Trinajstić information content (AvgIpc) is 2.99. The molecule has 0 saturated carbocycles. The summed E-state index contributed by atoms with van der Waals surface area (Å²) in [4.78, 5) is 19.2. The third-order valence-electron chi connectivity index (χ3n) is 2.94. The molecule has 0 bridgehead atoms. The van der Waals surface area contributed by atoms with Crippen LogP contribution in [0.25, 0.3) is 16.8 Å². The molecule has 0 atom stereocenters. The smallest absolute Gasteiger partial charge is 0.285 e. The lowest BCUT2D eigenvalue weighted by atomic mass is 10.1. The van der Waals surface area contributed by atoms with E-state index in [2.05, 4.69) is 26.1 Å². The summed E-state index contributed by atoms with van der Waals surface area (Å²) in [6.45, 7) is 1.84. The molecule has 0 saturated heterocycles. The Balaban J connectivity index is 2.24. The molecule has 3 aromatic heterocycles. The average molecular weight is 300 g/mol. The molecule has 0 unspecified atom stereocenters. The lowest BCUT2D eigenvalue weighted by Crippen LogP contribution is -2.19. The van der Waals surface area contributed by atoms with Crippen molar-refractivity contribution < 1.29 is 0 Å². The number of aromatic nitrogens is 6. The number of terminal acetylenes is 1. The number of rotatable bonds is 3. The predicted octanol–water partition coefficient (Wildman–Crippen LogP) is 0.852. The first-order valence-electron chi connectivity index (χ1n) is 6.15. The third kappa shape index (κ3) is 2.32. The Morgan fingerprint density at radius 2 is 2.33 bits per heavy atom. The zero-order valence-electron chi connectivity index (χ0n) is 11.5. The standard InChI is InChI=1S/C13H12N6OS/c1-4-5-21-12-15-11-10(9-6-14-18(3)7-9)8(2)17-19(11)13(20)16-12/h1,6-7H,5H2,2-3H3,(H,15,16,20). The van der Waals surface area contributed by atoms with E-state index in [1.54, 1.807) is 10.9 Å². The SMILES string of the molecule is C#CCSc1nc2c(-c3cnn(C)c3)c(C)nn2c(=O)[nH]1. The molecule has 3 aromatic rings. The first-order valence-corrected chi connectivity index (χ1v) is 7.13. The molecule has 106 valence electrons. The van der Waals surface area contributed by atoms with Gasteiger partial charge in [-0.3, -0.25) is 9.67 Å². The Morgan fingerprint density at radius 1 is 1.52 bits per heavy atom. The highest BCUT2D eigenvalue weighted by molar-refractivity contribution is 7.99. The van der Waals surface area contributed by atoms with Crippen molar-refractivity contribution in [3.63, 3.8) is 0 Å². The highest BCUT2D eigenvalue weighted by Crippen LogP contribution is 2.26. The third-order valence-corrected chi connectivity index (χ3v) is 3.71. The van der Waals surface area contributed by atoms with Crippen LogP contribution >= 0.6 is 11.8 Å². The number of nitrogens with zero attached hydrogens (tertiary/aromatic N) is 5. The second-order valence-electron chi connectivity index (χ2n) is 4.44. The van der Waals surface area contributed by atoms with Crippen molar-refractivity contribution in [3.05, 3.63) is 28.6 Å². The van der Waals surface area contributed by atoms with Crippen molar-refractivity contribution >= 4 is 17.4 Å². The van der Waals surface area contributed by atoms with Crippen LogP contribution in [-0.2, 0) is 7.05 Å². The van der Waals surface area contributed by atoms with Gasteiger partial charge in [-0.2, -0.15) is 14.7 Å². The van der Waals surface area contributed by atoms with Gasteiger partial charge in [0.05, 0.1) is 23.2 Å². The minimum atomic E-state index is -0.335. The molecule has 0 aliphatic rings. The summed E-state index contributed by atoms with van der Waals surface area (Å²) in [6.07, 6.45) is 8.82. The van der Waals surface area contributed by atoms with Gasteiger partial charge in [0.2, 0.25) is 0 Å². The van der Waals surface area contributed by atoms with Crippen LogP contribution in [0.2, 0.25) is 0 Å². The Hall–Kier alpha value is -2.53. The molecule has 0 aliphatic carbocycles. The molecule has 0 amide bonds. The highest BCUT2D eigenvalue weighted by Gasteiger charge is 2.17. The molecule has 0 aliphatic heterocycles. The van der Waals surface area contributed by atoms with Crippen LogP contribution in [0.5, 0.6) is 0 Å². The summed E-state index contributed by atoms with van der Waals surface area (Å²) >= 11 is 1.30. The normalized spacial score (nSPS) is 10.9. The van der Waals surface area contributed by atoms with Gasteiger partial charge in [-0.05, 0) is 6.92 Å². The van der Waals surface area contributed by atoms with Crippen LogP contribution in [0.15, 0.2) is 22.3 Å². The summed E-state index contributed by atoms with van der Waals surface area (Å²) < 4.78 is 2.96. The Morgan fingerprint density at radius 3 is 3.00 bits per heavy atom. The van der Waals surface area contributed by atoms with Gasteiger partial charge in [-0.1, -0.05) is 17.7 Å². The number of hydrogen-bond acceptors (Lipinski definition) is 5. The Kier molecular flexibility index (Phi) is 3.27. The maximum Gasteiger partial charge on any atom is 0.350 e. The fraction of sp³-hybridized carbons (Fsp3) is 0.231. The fourth-order valence-corrected chi connectivity index (χ4v) is 2.63. The summed E-state index contributed by atoms with van der Waals surface area (Å²) in [5.41, 5.74) is 2.56. The molecule has 1 N–H and O–H groups in total. The minimum Gasteiger partial charge on any atom is -0.285 e. The van der Waals surface area contributed by atoms with Crippen molar-refractivity contribution in [3.8, 4) is 23.5 Å². The van der Waals surface area contributed by atoms with E-state index in [4.69, 9.17) is 6.42 Å². The maximum absolute atomic E-state index is 12.1. The van der Waals surface area contributed by atoms with Gasteiger partial charge in [-0.25, -0.2) is 9.78 Å². The summed E-state index contributed by atoms with van der Waals surface area (Å²) in [6, 6.07) is 0. The highest BCUT2D eigenvalue weighted by atomic mass is 32.2.